The van der Waals surface area contributed by atoms with Crippen LogP contribution in [0.2, 0.25) is 0 Å². The third-order valence-electron chi connectivity index (χ3n) is 2.49. The number of pyridine rings is 1. The highest BCUT2D eigenvalue weighted by molar-refractivity contribution is 5.65. The average Bonchev–Trinajstić information content (AvgIpc) is 2.40. The second-order valence-electron chi connectivity index (χ2n) is 3.64. The molecule has 0 spiro atoms. The number of hydrogen-bond acceptors (Lipinski definition) is 3. The molecule has 0 aliphatic rings. The minimum absolute atomic E-state index is 0.674. The molecular weight excluding hydrogens is 212 g/mol. The molecule has 0 unspecified atom stereocenters. The minimum Gasteiger partial charge on any atom is -0.494 e. The van der Waals surface area contributed by atoms with Crippen LogP contribution in [-0.4, -0.2) is 18.6 Å². The van der Waals surface area contributed by atoms with Crippen molar-refractivity contribution in [1.82, 2.24) is 4.98 Å². The fraction of sp³-hybridized carbons (Fsp3) is 0.214. The highest BCUT2D eigenvalue weighted by Crippen LogP contribution is 2.23. The van der Waals surface area contributed by atoms with E-state index in [1.54, 1.807) is 6.20 Å². The molecule has 3 nitrogen and oxygen atoms in total. The normalized spacial score (nSPS) is 10.0. The lowest BCUT2D eigenvalue weighted by Gasteiger charge is -2.07. The zero-order valence-corrected chi connectivity index (χ0v) is 10.1. The van der Waals surface area contributed by atoms with Crippen molar-refractivity contribution in [2.45, 2.75) is 6.92 Å². The Morgan fingerprint density at radius 1 is 1.24 bits per heavy atom. The molecule has 0 aliphatic carbocycles. The number of ether oxygens (including phenoxy) is 1. The van der Waals surface area contributed by atoms with E-state index in [2.05, 4.69) is 10.3 Å². The van der Waals surface area contributed by atoms with Crippen LogP contribution < -0.4 is 10.1 Å². The van der Waals surface area contributed by atoms with Gasteiger partial charge in [-0.05, 0) is 31.2 Å². The molecule has 88 valence electrons. The van der Waals surface area contributed by atoms with Gasteiger partial charge in [0.15, 0.2) is 0 Å². The number of aromatic nitrogens is 1. The molecule has 2 rings (SSSR count). The average molecular weight is 228 g/mol. The molecule has 0 aliphatic heterocycles. The van der Waals surface area contributed by atoms with Crippen molar-refractivity contribution in [3.8, 4) is 17.0 Å². The quantitative estimate of drug-likeness (QED) is 0.872. The van der Waals surface area contributed by atoms with Crippen molar-refractivity contribution in [3.05, 3.63) is 42.6 Å². The molecule has 0 radical (unpaired) electrons. The number of hydrogen-bond donors (Lipinski definition) is 1. The standard InChI is InChI=1S/C14H16N2O/c1-3-17-13-6-4-5-11(9-13)14-10-12(15-2)7-8-16-14/h4-10H,3H2,1-2H3,(H,15,16). The van der Waals surface area contributed by atoms with Gasteiger partial charge in [-0.2, -0.15) is 0 Å². The SMILES string of the molecule is CCOc1cccc(-c2cc(NC)ccn2)c1. The summed E-state index contributed by atoms with van der Waals surface area (Å²) in [5.41, 5.74) is 3.06. The summed E-state index contributed by atoms with van der Waals surface area (Å²) in [6.45, 7) is 2.65. The fourth-order valence-electron chi connectivity index (χ4n) is 1.66. The summed E-state index contributed by atoms with van der Waals surface area (Å²) in [5, 5.41) is 3.11. The lowest BCUT2D eigenvalue weighted by atomic mass is 10.1. The highest BCUT2D eigenvalue weighted by Gasteiger charge is 2.01. The first-order chi connectivity index (χ1) is 8.33. The molecule has 3 heteroatoms. The number of nitrogens with zero attached hydrogens (tertiary/aromatic N) is 1. The molecule has 0 bridgehead atoms. The van der Waals surface area contributed by atoms with Crippen LogP contribution in [0.15, 0.2) is 42.6 Å². The monoisotopic (exact) mass is 228 g/mol. The van der Waals surface area contributed by atoms with Crippen LogP contribution >= 0.6 is 0 Å². The Bertz CT molecular complexity index is 497. The van der Waals surface area contributed by atoms with Gasteiger partial charge in [-0.25, -0.2) is 0 Å². The molecule has 2 aromatic rings. The van der Waals surface area contributed by atoms with Crippen LogP contribution in [0.1, 0.15) is 6.92 Å². The van der Waals surface area contributed by atoms with Crippen molar-refractivity contribution >= 4 is 5.69 Å². The lowest BCUT2D eigenvalue weighted by Crippen LogP contribution is -1.93. The Morgan fingerprint density at radius 3 is 2.88 bits per heavy atom. The zero-order chi connectivity index (χ0) is 12.1. The first-order valence-electron chi connectivity index (χ1n) is 5.70. The Kier molecular flexibility index (Phi) is 3.60. The third-order valence-corrected chi connectivity index (χ3v) is 2.49. The Balaban J connectivity index is 2.34. The number of anilines is 1. The molecule has 1 aromatic carbocycles. The predicted molar refractivity (Wildman–Crippen MR) is 70.4 cm³/mol. The molecular formula is C14H16N2O. The number of benzene rings is 1. The van der Waals surface area contributed by atoms with Gasteiger partial charge in [0.05, 0.1) is 12.3 Å². The van der Waals surface area contributed by atoms with Crippen LogP contribution in [0.25, 0.3) is 11.3 Å². The van der Waals surface area contributed by atoms with Gasteiger partial charge in [0, 0.05) is 24.5 Å². The summed E-state index contributed by atoms with van der Waals surface area (Å²) >= 11 is 0. The maximum Gasteiger partial charge on any atom is 0.119 e. The van der Waals surface area contributed by atoms with E-state index in [-0.39, 0.29) is 0 Å². The molecule has 17 heavy (non-hydrogen) atoms. The van der Waals surface area contributed by atoms with Crippen LogP contribution in [0.5, 0.6) is 5.75 Å². The number of rotatable bonds is 4. The summed E-state index contributed by atoms with van der Waals surface area (Å²) in [6.07, 6.45) is 1.80. The van der Waals surface area contributed by atoms with Crippen molar-refractivity contribution < 1.29 is 4.74 Å². The second-order valence-corrected chi connectivity index (χ2v) is 3.64. The first kappa shape index (κ1) is 11.5. The molecule has 1 aromatic heterocycles. The molecule has 0 atom stereocenters. The summed E-state index contributed by atoms with van der Waals surface area (Å²) in [7, 11) is 1.90. The summed E-state index contributed by atoms with van der Waals surface area (Å²) in [6, 6.07) is 11.9. The maximum absolute atomic E-state index is 5.48. The number of nitrogens with one attached hydrogen (secondary N) is 1. The second kappa shape index (κ2) is 5.34. The molecule has 1 N–H and O–H groups in total. The Labute approximate surface area is 101 Å². The van der Waals surface area contributed by atoms with Crippen molar-refractivity contribution in [3.63, 3.8) is 0 Å². The van der Waals surface area contributed by atoms with Gasteiger partial charge in [0.25, 0.3) is 0 Å². The van der Waals surface area contributed by atoms with E-state index in [1.165, 1.54) is 0 Å². The minimum atomic E-state index is 0.674. The first-order valence-corrected chi connectivity index (χ1v) is 5.70. The van der Waals surface area contributed by atoms with Gasteiger partial charge in [0.1, 0.15) is 5.75 Å². The summed E-state index contributed by atoms with van der Waals surface area (Å²) in [4.78, 5) is 4.36. The van der Waals surface area contributed by atoms with E-state index in [9.17, 15) is 0 Å². The van der Waals surface area contributed by atoms with Crippen molar-refractivity contribution in [1.29, 1.82) is 0 Å². The third kappa shape index (κ3) is 2.75. The summed E-state index contributed by atoms with van der Waals surface area (Å²) in [5.74, 6) is 0.877. The van der Waals surface area contributed by atoms with Crippen molar-refractivity contribution in [2.24, 2.45) is 0 Å². The Hall–Kier alpha value is -2.03. The van der Waals surface area contributed by atoms with Gasteiger partial charge >= 0.3 is 0 Å². The van der Waals surface area contributed by atoms with Gasteiger partial charge in [-0.3, -0.25) is 4.98 Å². The molecule has 0 amide bonds. The van der Waals surface area contributed by atoms with Gasteiger partial charge < -0.3 is 10.1 Å². The van der Waals surface area contributed by atoms with Gasteiger partial charge in [-0.1, -0.05) is 12.1 Å². The van der Waals surface area contributed by atoms with Crippen LogP contribution in [0.3, 0.4) is 0 Å². The van der Waals surface area contributed by atoms with Gasteiger partial charge in [-0.15, -0.1) is 0 Å². The van der Waals surface area contributed by atoms with E-state index >= 15 is 0 Å². The maximum atomic E-state index is 5.48. The predicted octanol–water partition coefficient (Wildman–Crippen LogP) is 3.19. The van der Waals surface area contributed by atoms with E-state index in [0.29, 0.717) is 6.61 Å². The Morgan fingerprint density at radius 2 is 2.12 bits per heavy atom. The van der Waals surface area contributed by atoms with Crippen molar-refractivity contribution in [2.75, 3.05) is 19.0 Å². The topological polar surface area (TPSA) is 34.1 Å². The van der Waals surface area contributed by atoms with Gasteiger partial charge in [0.2, 0.25) is 0 Å². The van der Waals surface area contributed by atoms with Crippen LogP contribution in [0, 0.1) is 0 Å². The van der Waals surface area contributed by atoms with E-state index in [4.69, 9.17) is 4.74 Å². The van der Waals surface area contributed by atoms with E-state index < -0.39 is 0 Å². The molecule has 0 fully saturated rings. The van der Waals surface area contributed by atoms with E-state index in [1.807, 2.05) is 50.4 Å². The largest absolute Gasteiger partial charge is 0.494 e. The molecule has 0 saturated carbocycles. The summed E-state index contributed by atoms with van der Waals surface area (Å²) < 4.78 is 5.48. The molecule has 1 heterocycles. The van der Waals surface area contributed by atoms with E-state index in [0.717, 1.165) is 22.7 Å². The fourth-order valence-corrected chi connectivity index (χ4v) is 1.66. The van der Waals surface area contributed by atoms with Crippen LogP contribution in [0.4, 0.5) is 5.69 Å². The highest BCUT2D eigenvalue weighted by atomic mass is 16.5. The van der Waals surface area contributed by atoms with Crippen LogP contribution in [-0.2, 0) is 0 Å². The lowest BCUT2D eigenvalue weighted by molar-refractivity contribution is 0.340. The zero-order valence-electron chi connectivity index (χ0n) is 10.1. The molecule has 0 saturated heterocycles. The smallest absolute Gasteiger partial charge is 0.119 e.